The molecule has 0 aromatic heterocycles. The molecule has 3 N–H and O–H groups in total. The number of esters is 1. The minimum absolute atomic E-state index is 0.0116. The maximum absolute atomic E-state index is 12.6. The van der Waals surface area contributed by atoms with E-state index in [4.69, 9.17) is 9.84 Å². The standard InChI is InChI=1S/C29H35N3O8/c1-29(2,3)40-28(39)15-11-21-10-8-20(9-14-27(37)38)19-22(21)31-24(34)16-17-30-23(33)7-5-4-6-18-32-25(35)12-13-26(32)36/h8-15,19H,4-7,16-18H2,1-3H3,(H,30,33)(H,31,34)(H,37,38)/b14-9+,15-11+. The van der Waals surface area contributed by atoms with Crippen molar-refractivity contribution in [3.63, 3.8) is 0 Å². The average Bonchev–Trinajstić information content (AvgIpc) is 3.17. The molecule has 0 bridgehead atoms. The molecule has 0 aliphatic carbocycles. The van der Waals surface area contributed by atoms with Crippen LogP contribution in [0.25, 0.3) is 12.2 Å². The Morgan fingerprint density at radius 1 is 0.925 bits per heavy atom. The number of nitrogens with zero attached hydrogens (tertiary/aromatic N) is 1. The molecule has 0 unspecified atom stereocenters. The molecule has 0 saturated carbocycles. The van der Waals surface area contributed by atoms with Crippen LogP contribution >= 0.6 is 0 Å². The van der Waals surface area contributed by atoms with Crippen LogP contribution in [0.2, 0.25) is 0 Å². The van der Waals surface area contributed by atoms with Crippen LogP contribution in [-0.4, -0.2) is 64.3 Å². The molecule has 40 heavy (non-hydrogen) atoms. The summed E-state index contributed by atoms with van der Waals surface area (Å²) in [5.74, 6) is -2.93. The second-order valence-corrected chi connectivity index (χ2v) is 10.0. The van der Waals surface area contributed by atoms with E-state index < -0.39 is 17.5 Å². The van der Waals surface area contributed by atoms with Crippen LogP contribution in [-0.2, 0) is 33.5 Å². The molecular weight excluding hydrogens is 518 g/mol. The number of amides is 4. The van der Waals surface area contributed by atoms with Gasteiger partial charge in [-0.3, -0.25) is 24.1 Å². The number of carbonyl (C=O) groups excluding carboxylic acids is 5. The number of imide groups is 1. The van der Waals surface area contributed by atoms with E-state index in [1.165, 1.54) is 30.4 Å². The van der Waals surface area contributed by atoms with Gasteiger partial charge < -0.3 is 20.5 Å². The van der Waals surface area contributed by atoms with Crippen molar-refractivity contribution >= 4 is 53.4 Å². The summed E-state index contributed by atoms with van der Waals surface area (Å²) in [6.45, 7) is 5.65. The molecule has 214 valence electrons. The molecule has 1 heterocycles. The van der Waals surface area contributed by atoms with E-state index in [0.717, 1.165) is 11.0 Å². The Bertz CT molecular complexity index is 1210. The SMILES string of the molecule is CC(C)(C)OC(=O)/C=C/c1ccc(/C=C/C(=O)O)cc1NC(=O)CCNC(=O)CCCCCN1C(=O)C=CC1=O. The van der Waals surface area contributed by atoms with Crippen molar-refractivity contribution in [3.05, 3.63) is 53.6 Å². The number of carboxylic acid groups (broad SMARTS) is 1. The summed E-state index contributed by atoms with van der Waals surface area (Å²) in [5.41, 5.74) is 0.716. The average molecular weight is 554 g/mol. The van der Waals surface area contributed by atoms with Gasteiger partial charge in [0.2, 0.25) is 11.8 Å². The summed E-state index contributed by atoms with van der Waals surface area (Å²) in [6, 6.07) is 4.84. The van der Waals surface area contributed by atoms with Crippen molar-refractivity contribution in [1.82, 2.24) is 10.2 Å². The van der Waals surface area contributed by atoms with Gasteiger partial charge in [-0.05, 0) is 63.0 Å². The van der Waals surface area contributed by atoms with Crippen molar-refractivity contribution in [2.75, 3.05) is 18.4 Å². The van der Waals surface area contributed by atoms with Gasteiger partial charge in [-0.25, -0.2) is 9.59 Å². The first kappa shape index (κ1) is 31.7. The molecule has 2 rings (SSSR count). The first-order chi connectivity index (χ1) is 18.8. The lowest BCUT2D eigenvalue weighted by Crippen LogP contribution is -2.31. The smallest absolute Gasteiger partial charge is 0.331 e. The van der Waals surface area contributed by atoms with Gasteiger partial charge in [0, 0.05) is 55.9 Å². The second-order valence-electron chi connectivity index (χ2n) is 10.0. The minimum atomic E-state index is -1.12. The zero-order valence-electron chi connectivity index (χ0n) is 22.9. The number of benzene rings is 1. The Labute approximate surface area is 232 Å². The van der Waals surface area contributed by atoms with Gasteiger partial charge in [-0.2, -0.15) is 0 Å². The van der Waals surface area contributed by atoms with Crippen LogP contribution < -0.4 is 10.6 Å². The van der Waals surface area contributed by atoms with Crippen LogP contribution in [0.5, 0.6) is 0 Å². The van der Waals surface area contributed by atoms with Crippen LogP contribution in [0, 0.1) is 0 Å². The third-order valence-corrected chi connectivity index (χ3v) is 5.44. The van der Waals surface area contributed by atoms with Crippen molar-refractivity contribution < 1.29 is 38.6 Å². The molecule has 0 spiro atoms. The quantitative estimate of drug-likeness (QED) is 0.137. The number of ether oxygens (including phenoxy) is 1. The summed E-state index contributed by atoms with van der Waals surface area (Å²) in [6.07, 6.45) is 9.61. The fourth-order valence-electron chi connectivity index (χ4n) is 3.59. The molecule has 0 radical (unpaired) electrons. The number of rotatable bonds is 14. The highest BCUT2D eigenvalue weighted by Gasteiger charge is 2.22. The van der Waals surface area contributed by atoms with Crippen LogP contribution in [0.3, 0.4) is 0 Å². The molecule has 11 heteroatoms. The predicted molar refractivity (Wildman–Crippen MR) is 149 cm³/mol. The number of aliphatic carboxylic acids is 1. The zero-order valence-corrected chi connectivity index (χ0v) is 22.9. The highest BCUT2D eigenvalue weighted by Crippen LogP contribution is 2.21. The maximum Gasteiger partial charge on any atom is 0.331 e. The number of nitrogens with one attached hydrogen (secondary N) is 2. The highest BCUT2D eigenvalue weighted by atomic mass is 16.6. The maximum atomic E-state index is 12.6. The van der Waals surface area contributed by atoms with Crippen molar-refractivity contribution in [1.29, 1.82) is 0 Å². The van der Waals surface area contributed by atoms with Gasteiger partial charge in [0.25, 0.3) is 11.8 Å². The van der Waals surface area contributed by atoms with Crippen molar-refractivity contribution in [3.8, 4) is 0 Å². The fraction of sp³-hybridized carbons (Fsp3) is 0.379. The molecule has 0 saturated heterocycles. The molecule has 1 aliphatic heterocycles. The van der Waals surface area contributed by atoms with Crippen molar-refractivity contribution in [2.24, 2.45) is 0 Å². The summed E-state index contributed by atoms with van der Waals surface area (Å²) in [5, 5.41) is 14.3. The van der Waals surface area contributed by atoms with E-state index in [2.05, 4.69) is 10.6 Å². The number of hydrogen-bond donors (Lipinski definition) is 3. The Kier molecular flexibility index (Phi) is 12.0. The lowest BCUT2D eigenvalue weighted by atomic mass is 10.1. The number of carboxylic acids is 1. The molecular formula is C29H35N3O8. The second kappa shape index (κ2) is 15.2. The zero-order chi connectivity index (χ0) is 29.7. The first-order valence-corrected chi connectivity index (χ1v) is 12.9. The van der Waals surface area contributed by atoms with Gasteiger partial charge in [-0.1, -0.05) is 18.6 Å². The first-order valence-electron chi connectivity index (χ1n) is 12.9. The molecule has 1 aliphatic rings. The largest absolute Gasteiger partial charge is 0.478 e. The summed E-state index contributed by atoms with van der Waals surface area (Å²) >= 11 is 0. The fourth-order valence-corrected chi connectivity index (χ4v) is 3.59. The van der Waals surface area contributed by atoms with E-state index in [1.807, 2.05) is 0 Å². The van der Waals surface area contributed by atoms with Gasteiger partial charge in [0.15, 0.2) is 0 Å². The Balaban J connectivity index is 1.85. The third-order valence-electron chi connectivity index (χ3n) is 5.44. The molecule has 11 nitrogen and oxygen atoms in total. The summed E-state index contributed by atoms with van der Waals surface area (Å²) in [7, 11) is 0. The van der Waals surface area contributed by atoms with Crippen LogP contribution in [0.1, 0.15) is 64.0 Å². The number of carbonyl (C=O) groups is 6. The van der Waals surface area contributed by atoms with Gasteiger partial charge in [0.05, 0.1) is 0 Å². The number of hydrogen-bond acceptors (Lipinski definition) is 7. The lowest BCUT2D eigenvalue weighted by Gasteiger charge is -2.18. The summed E-state index contributed by atoms with van der Waals surface area (Å²) < 4.78 is 5.26. The van der Waals surface area contributed by atoms with E-state index in [-0.39, 0.29) is 43.0 Å². The van der Waals surface area contributed by atoms with Crippen LogP contribution in [0.15, 0.2) is 42.5 Å². The Morgan fingerprint density at radius 2 is 1.62 bits per heavy atom. The van der Waals surface area contributed by atoms with E-state index in [0.29, 0.717) is 42.6 Å². The normalized spacial score (nSPS) is 13.3. The summed E-state index contributed by atoms with van der Waals surface area (Å²) in [4.78, 5) is 71.8. The molecule has 1 aromatic rings. The Hall–Kier alpha value is -4.54. The van der Waals surface area contributed by atoms with Crippen LogP contribution in [0.4, 0.5) is 5.69 Å². The molecule has 4 amide bonds. The van der Waals surface area contributed by atoms with E-state index in [1.54, 1.807) is 39.0 Å². The minimum Gasteiger partial charge on any atom is -0.478 e. The third kappa shape index (κ3) is 11.9. The number of anilines is 1. The van der Waals surface area contributed by atoms with Gasteiger partial charge >= 0.3 is 11.9 Å². The molecule has 0 fully saturated rings. The topological polar surface area (TPSA) is 159 Å². The molecule has 1 aromatic carbocycles. The predicted octanol–water partition coefficient (Wildman–Crippen LogP) is 3.07. The van der Waals surface area contributed by atoms with Gasteiger partial charge in [0.1, 0.15) is 5.60 Å². The van der Waals surface area contributed by atoms with Gasteiger partial charge in [-0.15, -0.1) is 0 Å². The highest BCUT2D eigenvalue weighted by molar-refractivity contribution is 6.12. The monoisotopic (exact) mass is 553 g/mol. The van der Waals surface area contributed by atoms with E-state index >= 15 is 0 Å². The van der Waals surface area contributed by atoms with Crippen molar-refractivity contribution in [2.45, 2.75) is 58.5 Å². The van der Waals surface area contributed by atoms with E-state index in [9.17, 15) is 28.8 Å². The molecule has 0 atom stereocenters. The Morgan fingerprint density at radius 3 is 2.27 bits per heavy atom. The number of unbranched alkanes of at least 4 members (excludes halogenated alkanes) is 2. The lowest BCUT2D eigenvalue weighted by molar-refractivity contribution is -0.148.